The van der Waals surface area contributed by atoms with Crippen LogP contribution < -0.4 is 10.1 Å². The van der Waals surface area contributed by atoms with Gasteiger partial charge in [-0.2, -0.15) is 0 Å². The molecule has 1 aromatic rings. The molecule has 0 aliphatic rings. The maximum atomic E-state index is 5.68. The largest absolute Gasteiger partial charge is 0.493 e. The summed E-state index contributed by atoms with van der Waals surface area (Å²) in [7, 11) is 0. The third-order valence-corrected chi connectivity index (χ3v) is 2.86. The number of hydrogen-bond donors (Lipinski definition) is 1. The lowest BCUT2D eigenvalue weighted by Gasteiger charge is -2.16. The van der Waals surface area contributed by atoms with E-state index in [-0.39, 0.29) is 0 Å². The Morgan fingerprint density at radius 3 is 2.59 bits per heavy atom. The number of aryl methyl sites for hydroxylation is 1. The van der Waals surface area contributed by atoms with E-state index in [1.807, 2.05) is 0 Å². The Kier molecular flexibility index (Phi) is 6.06. The number of hydrogen-bond acceptors (Lipinski definition) is 2. The Morgan fingerprint density at radius 2 is 2.00 bits per heavy atom. The predicted octanol–water partition coefficient (Wildman–Crippen LogP) is 3.84. The maximum Gasteiger partial charge on any atom is 0.122 e. The first-order valence-electron chi connectivity index (χ1n) is 6.65. The number of ether oxygens (including phenoxy) is 1. The first-order chi connectivity index (χ1) is 8.19. The van der Waals surface area contributed by atoms with Gasteiger partial charge in [-0.25, -0.2) is 0 Å². The highest BCUT2D eigenvalue weighted by molar-refractivity contribution is 5.37. The first kappa shape index (κ1) is 14.0. The number of nitrogens with one attached hydrogen (secondary N) is 1. The molecule has 0 saturated carbocycles. The van der Waals surface area contributed by atoms with Gasteiger partial charge in [0.05, 0.1) is 6.61 Å². The molecular weight excluding hydrogens is 210 g/mol. The van der Waals surface area contributed by atoms with E-state index in [0.717, 1.165) is 25.3 Å². The highest BCUT2D eigenvalue weighted by Crippen LogP contribution is 2.22. The van der Waals surface area contributed by atoms with Crippen molar-refractivity contribution in [2.24, 2.45) is 0 Å². The fourth-order valence-corrected chi connectivity index (χ4v) is 1.79. The molecular formula is C15H25NO. The minimum absolute atomic E-state index is 0.411. The number of benzene rings is 1. The van der Waals surface area contributed by atoms with Crippen LogP contribution in [0.1, 0.15) is 50.8 Å². The van der Waals surface area contributed by atoms with Crippen LogP contribution in [0.4, 0.5) is 0 Å². The Balaban J connectivity index is 2.67. The average molecular weight is 235 g/mol. The summed E-state index contributed by atoms with van der Waals surface area (Å²) in [4.78, 5) is 0. The summed E-state index contributed by atoms with van der Waals surface area (Å²) >= 11 is 0. The van der Waals surface area contributed by atoms with Gasteiger partial charge >= 0.3 is 0 Å². The Morgan fingerprint density at radius 1 is 1.24 bits per heavy atom. The Bertz CT molecular complexity index is 336. The molecule has 0 bridgehead atoms. The molecule has 1 rings (SSSR count). The van der Waals surface area contributed by atoms with Gasteiger partial charge in [0, 0.05) is 6.04 Å². The average Bonchev–Trinajstić information content (AvgIpc) is 2.34. The van der Waals surface area contributed by atoms with Gasteiger partial charge in [-0.05, 0) is 50.4 Å². The van der Waals surface area contributed by atoms with Crippen molar-refractivity contribution in [1.82, 2.24) is 5.32 Å². The predicted molar refractivity (Wildman–Crippen MR) is 73.7 cm³/mol. The second kappa shape index (κ2) is 7.33. The minimum atomic E-state index is 0.411. The normalized spacial score (nSPS) is 12.5. The smallest absolute Gasteiger partial charge is 0.122 e. The summed E-state index contributed by atoms with van der Waals surface area (Å²) in [6.45, 7) is 10.5. The molecule has 2 nitrogen and oxygen atoms in total. The lowest BCUT2D eigenvalue weighted by molar-refractivity contribution is 0.315. The summed E-state index contributed by atoms with van der Waals surface area (Å²) in [5.41, 5.74) is 2.56. The Hall–Kier alpha value is -1.02. The fourth-order valence-electron chi connectivity index (χ4n) is 1.79. The molecule has 1 aromatic carbocycles. The zero-order valence-electron chi connectivity index (χ0n) is 11.5. The molecule has 1 atom stereocenters. The lowest BCUT2D eigenvalue weighted by atomic mass is 10.0. The SMILES string of the molecule is CCCNC(C)c1ccc(OCCC)c(C)c1. The molecule has 0 aliphatic carbocycles. The van der Waals surface area contributed by atoms with Gasteiger partial charge < -0.3 is 10.1 Å². The molecule has 2 heteroatoms. The molecule has 0 saturated heterocycles. The molecule has 0 heterocycles. The highest BCUT2D eigenvalue weighted by atomic mass is 16.5. The topological polar surface area (TPSA) is 21.3 Å². The van der Waals surface area contributed by atoms with E-state index in [9.17, 15) is 0 Å². The summed E-state index contributed by atoms with van der Waals surface area (Å²) in [5.74, 6) is 1.01. The van der Waals surface area contributed by atoms with Crippen molar-refractivity contribution in [3.63, 3.8) is 0 Å². The highest BCUT2D eigenvalue weighted by Gasteiger charge is 2.06. The van der Waals surface area contributed by atoms with E-state index < -0.39 is 0 Å². The summed E-state index contributed by atoms with van der Waals surface area (Å²) in [6, 6.07) is 6.88. The van der Waals surface area contributed by atoms with Gasteiger partial charge in [0.15, 0.2) is 0 Å². The maximum absolute atomic E-state index is 5.68. The molecule has 0 aromatic heterocycles. The van der Waals surface area contributed by atoms with E-state index in [1.165, 1.54) is 17.5 Å². The van der Waals surface area contributed by atoms with Crippen LogP contribution in [0.15, 0.2) is 18.2 Å². The summed E-state index contributed by atoms with van der Waals surface area (Å²) < 4.78 is 5.68. The number of rotatable bonds is 7. The van der Waals surface area contributed by atoms with Crippen molar-refractivity contribution >= 4 is 0 Å². The van der Waals surface area contributed by atoms with Crippen LogP contribution in [0.2, 0.25) is 0 Å². The van der Waals surface area contributed by atoms with Crippen molar-refractivity contribution in [2.75, 3.05) is 13.2 Å². The third-order valence-electron chi connectivity index (χ3n) is 2.86. The van der Waals surface area contributed by atoms with Crippen LogP contribution in [-0.4, -0.2) is 13.2 Å². The molecule has 0 aliphatic heterocycles. The van der Waals surface area contributed by atoms with E-state index in [1.54, 1.807) is 0 Å². The van der Waals surface area contributed by atoms with Crippen molar-refractivity contribution in [1.29, 1.82) is 0 Å². The standard InChI is InChI=1S/C15H25NO/c1-5-9-16-13(4)14-7-8-15(12(3)11-14)17-10-6-2/h7-8,11,13,16H,5-6,9-10H2,1-4H3. The lowest BCUT2D eigenvalue weighted by Crippen LogP contribution is -2.19. The zero-order chi connectivity index (χ0) is 12.7. The Labute approximate surface area is 105 Å². The molecule has 17 heavy (non-hydrogen) atoms. The van der Waals surface area contributed by atoms with Crippen LogP contribution in [0.25, 0.3) is 0 Å². The fraction of sp³-hybridized carbons (Fsp3) is 0.600. The molecule has 96 valence electrons. The van der Waals surface area contributed by atoms with Crippen LogP contribution in [0.5, 0.6) is 5.75 Å². The van der Waals surface area contributed by atoms with Gasteiger partial charge in [0.25, 0.3) is 0 Å². The molecule has 1 unspecified atom stereocenters. The molecule has 0 amide bonds. The van der Waals surface area contributed by atoms with Crippen molar-refractivity contribution in [3.05, 3.63) is 29.3 Å². The second-order valence-corrected chi connectivity index (χ2v) is 4.55. The monoisotopic (exact) mass is 235 g/mol. The van der Waals surface area contributed by atoms with E-state index >= 15 is 0 Å². The first-order valence-corrected chi connectivity index (χ1v) is 6.65. The quantitative estimate of drug-likeness (QED) is 0.775. The van der Waals surface area contributed by atoms with Crippen LogP contribution in [0.3, 0.4) is 0 Å². The van der Waals surface area contributed by atoms with Crippen LogP contribution in [0, 0.1) is 6.92 Å². The van der Waals surface area contributed by atoms with Crippen LogP contribution in [-0.2, 0) is 0 Å². The van der Waals surface area contributed by atoms with Crippen molar-refractivity contribution in [3.8, 4) is 5.75 Å². The van der Waals surface area contributed by atoms with Gasteiger partial charge in [-0.15, -0.1) is 0 Å². The molecule has 0 radical (unpaired) electrons. The minimum Gasteiger partial charge on any atom is -0.493 e. The molecule has 0 spiro atoms. The summed E-state index contributed by atoms with van der Waals surface area (Å²) in [6.07, 6.45) is 2.22. The van der Waals surface area contributed by atoms with Gasteiger partial charge in [0.2, 0.25) is 0 Å². The van der Waals surface area contributed by atoms with Gasteiger partial charge in [0.1, 0.15) is 5.75 Å². The van der Waals surface area contributed by atoms with Gasteiger partial charge in [-0.3, -0.25) is 0 Å². The van der Waals surface area contributed by atoms with E-state index in [4.69, 9.17) is 4.74 Å². The van der Waals surface area contributed by atoms with Gasteiger partial charge in [-0.1, -0.05) is 26.0 Å². The van der Waals surface area contributed by atoms with Crippen molar-refractivity contribution < 1.29 is 4.74 Å². The van der Waals surface area contributed by atoms with Crippen LogP contribution >= 0.6 is 0 Å². The molecule has 0 fully saturated rings. The van der Waals surface area contributed by atoms with E-state index in [0.29, 0.717) is 6.04 Å². The molecule has 1 N–H and O–H groups in total. The summed E-state index contributed by atoms with van der Waals surface area (Å²) in [5, 5.41) is 3.50. The zero-order valence-corrected chi connectivity index (χ0v) is 11.5. The van der Waals surface area contributed by atoms with E-state index in [2.05, 4.69) is 51.2 Å². The van der Waals surface area contributed by atoms with Crippen molar-refractivity contribution in [2.45, 2.75) is 46.6 Å². The third kappa shape index (κ3) is 4.39. The second-order valence-electron chi connectivity index (χ2n) is 4.55.